The zero-order chi connectivity index (χ0) is 20.4. The van der Waals surface area contributed by atoms with Crippen molar-refractivity contribution in [1.82, 2.24) is 15.2 Å². The molecule has 9 heteroatoms. The molecule has 2 aromatic heterocycles. The molecule has 0 bridgehead atoms. The normalized spacial score (nSPS) is 18.4. The number of furan rings is 1. The number of ether oxygens (including phenoxy) is 1. The number of nitrogens with zero attached hydrogens (tertiary/aromatic N) is 3. The second-order valence-electron chi connectivity index (χ2n) is 7.76. The van der Waals surface area contributed by atoms with E-state index in [2.05, 4.69) is 43.5 Å². The largest absolute Gasteiger partial charge is 0.443 e. The molecule has 0 atom stereocenters. The van der Waals surface area contributed by atoms with Crippen molar-refractivity contribution in [3.8, 4) is 6.07 Å². The first-order valence-corrected chi connectivity index (χ1v) is 10.7. The number of nitriles is 1. The molecular weight excluding hydrogens is 438 g/mol. The van der Waals surface area contributed by atoms with Crippen LogP contribution in [0.15, 0.2) is 15.0 Å². The van der Waals surface area contributed by atoms with Crippen LogP contribution >= 0.6 is 15.9 Å². The highest BCUT2D eigenvalue weighted by atomic mass is 79.9. The zero-order valence-electron chi connectivity index (χ0n) is 16.3. The van der Waals surface area contributed by atoms with Crippen LogP contribution in [0.4, 0.5) is 5.82 Å². The third-order valence-electron chi connectivity index (χ3n) is 5.55. The molecule has 8 nitrogen and oxygen atoms in total. The number of likely N-dealkylation sites (tertiary alicyclic amines) is 1. The third kappa shape index (κ3) is 4.39. The van der Waals surface area contributed by atoms with Gasteiger partial charge in [0.15, 0.2) is 11.3 Å². The van der Waals surface area contributed by atoms with Gasteiger partial charge in [-0.3, -0.25) is 4.79 Å². The topological polar surface area (TPSA) is 103 Å². The lowest BCUT2D eigenvalue weighted by molar-refractivity contribution is -0.0349. The van der Waals surface area contributed by atoms with Gasteiger partial charge in [0.1, 0.15) is 11.9 Å². The van der Waals surface area contributed by atoms with E-state index in [0.717, 1.165) is 45.6 Å². The number of anilines is 1. The number of amides is 1. The Kier molecular flexibility index (Phi) is 6.04. The van der Waals surface area contributed by atoms with Crippen molar-refractivity contribution < 1.29 is 13.9 Å². The second kappa shape index (κ2) is 8.69. The molecule has 0 unspecified atom stereocenters. The van der Waals surface area contributed by atoms with Crippen molar-refractivity contribution in [2.45, 2.75) is 25.3 Å². The van der Waals surface area contributed by atoms with Gasteiger partial charge in [-0.1, -0.05) is 0 Å². The van der Waals surface area contributed by atoms with Gasteiger partial charge in [0.05, 0.1) is 17.7 Å². The Morgan fingerprint density at radius 1 is 1.41 bits per heavy atom. The summed E-state index contributed by atoms with van der Waals surface area (Å²) in [5, 5.41) is 16.3. The molecule has 0 saturated carbocycles. The fraction of sp³-hybridized carbons (Fsp3) is 0.550. The molecule has 2 saturated heterocycles. The SMILES string of the molecule is CN1CCC(Nc2nc(C(=O)NCCC3COC3)c3oc(C#N)cc3c2Br)CC1. The summed E-state index contributed by atoms with van der Waals surface area (Å²) >= 11 is 3.58. The Morgan fingerprint density at radius 3 is 2.83 bits per heavy atom. The average Bonchev–Trinajstić information content (AvgIpc) is 3.12. The van der Waals surface area contributed by atoms with Crippen molar-refractivity contribution >= 4 is 38.6 Å². The van der Waals surface area contributed by atoms with E-state index in [0.29, 0.717) is 33.7 Å². The fourth-order valence-electron chi connectivity index (χ4n) is 3.64. The average molecular weight is 462 g/mol. The van der Waals surface area contributed by atoms with E-state index in [1.54, 1.807) is 6.07 Å². The Morgan fingerprint density at radius 2 is 2.17 bits per heavy atom. The molecule has 2 aliphatic rings. The summed E-state index contributed by atoms with van der Waals surface area (Å²) in [7, 11) is 2.11. The van der Waals surface area contributed by atoms with Crippen molar-refractivity contribution in [2.24, 2.45) is 5.92 Å². The number of piperidine rings is 1. The minimum atomic E-state index is -0.298. The second-order valence-corrected chi connectivity index (χ2v) is 8.55. The number of rotatable bonds is 6. The Bertz CT molecular complexity index is 942. The summed E-state index contributed by atoms with van der Waals surface area (Å²) in [4.78, 5) is 19.7. The summed E-state index contributed by atoms with van der Waals surface area (Å²) in [6, 6.07) is 3.93. The monoisotopic (exact) mass is 461 g/mol. The Hall–Kier alpha value is -2.15. The smallest absolute Gasteiger partial charge is 0.273 e. The lowest BCUT2D eigenvalue weighted by atomic mass is 10.0. The standard InChI is InChI=1S/C20H24BrN5O3/c1-26-6-3-13(4-7-26)24-19-16(21)15-8-14(9-22)29-18(15)17(25-19)20(27)23-5-2-12-10-28-11-12/h8,12-13H,2-7,10-11H2,1H3,(H,23,27)(H,24,25). The van der Waals surface area contributed by atoms with Gasteiger partial charge in [-0.05, 0) is 55.3 Å². The first-order valence-electron chi connectivity index (χ1n) is 9.89. The summed E-state index contributed by atoms with van der Waals surface area (Å²) in [5.74, 6) is 0.964. The van der Waals surface area contributed by atoms with Crippen LogP contribution in [0.5, 0.6) is 0 Å². The van der Waals surface area contributed by atoms with Crippen LogP contribution < -0.4 is 10.6 Å². The molecule has 1 amide bonds. The summed E-state index contributed by atoms with van der Waals surface area (Å²) < 4.78 is 11.5. The molecule has 0 spiro atoms. The van der Waals surface area contributed by atoms with Crippen LogP contribution in [0.1, 0.15) is 35.5 Å². The third-order valence-corrected chi connectivity index (χ3v) is 6.35. The molecule has 2 aliphatic heterocycles. The molecule has 4 rings (SSSR count). The quantitative estimate of drug-likeness (QED) is 0.681. The maximum absolute atomic E-state index is 12.8. The molecule has 29 heavy (non-hydrogen) atoms. The maximum atomic E-state index is 12.8. The van der Waals surface area contributed by atoms with E-state index in [9.17, 15) is 10.1 Å². The van der Waals surface area contributed by atoms with Gasteiger partial charge in [-0.25, -0.2) is 4.98 Å². The summed E-state index contributed by atoms with van der Waals surface area (Å²) in [6.07, 6.45) is 2.87. The molecule has 2 N–H and O–H groups in total. The molecule has 0 aromatic carbocycles. The number of hydrogen-bond donors (Lipinski definition) is 2. The van der Waals surface area contributed by atoms with E-state index in [1.807, 2.05) is 6.07 Å². The van der Waals surface area contributed by atoms with Crippen molar-refractivity contribution in [2.75, 3.05) is 45.2 Å². The highest BCUT2D eigenvalue weighted by Gasteiger charge is 2.25. The van der Waals surface area contributed by atoms with Crippen LogP contribution in [0.3, 0.4) is 0 Å². The van der Waals surface area contributed by atoms with Crippen LogP contribution in [-0.2, 0) is 4.74 Å². The van der Waals surface area contributed by atoms with Gasteiger partial charge < -0.3 is 24.7 Å². The highest BCUT2D eigenvalue weighted by molar-refractivity contribution is 9.10. The number of pyridine rings is 1. The Labute approximate surface area is 177 Å². The van der Waals surface area contributed by atoms with Crippen molar-refractivity contribution in [3.05, 3.63) is 22.0 Å². The molecule has 0 radical (unpaired) electrons. The van der Waals surface area contributed by atoms with Crippen LogP contribution in [-0.4, -0.2) is 61.7 Å². The van der Waals surface area contributed by atoms with E-state index in [4.69, 9.17) is 9.15 Å². The number of fused-ring (bicyclic) bond motifs is 1. The number of nitrogens with one attached hydrogen (secondary N) is 2. The summed E-state index contributed by atoms with van der Waals surface area (Å²) in [5.41, 5.74) is 0.525. The molecular formula is C20H24BrN5O3. The molecule has 2 fully saturated rings. The zero-order valence-corrected chi connectivity index (χ0v) is 17.9. The number of halogens is 1. The van der Waals surface area contributed by atoms with E-state index < -0.39 is 0 Å². The van der Waals surface area contributed by atoms with Gasteiger partial charge in [-0.15, -0.1) is 0 Å². The highest BCUT2D eigenvalue weighted by Crippen LogP contribution is 2.35. The van der Waals surface area contributed by atoms with Crippen LogP contribution in [0, 0.1) is 17.2 Å². The van der Waals surface area contributed by atoms with Gasteiger partial charge in [0, 0.05) is 30.0 Å². The van der Waals surface area contributed by atoms with Crippen LogP contribution in [0.2, 0.25) is 0 Å². The molecule has 2 aromatic rings. The predicted octanol–water partition coefficient (Wildman–Crippen LogP) is 2.73. The Balaban J connectivity index is 1.58. The van der Waals surface area contributed by atoms with Crippen LogP contribution in [0.25, 0.3) is 11.0 Å². The van der Waals surface area contributed by atoms with Gasteiger partial charge in [-0.2, -0.15) is 5.26 Å². The van der Waals surface area contributed by atoms with Crippen molar-refractivity contribution in [1.29, 1.82) is 5.26 Å². The van der Waals surface area contributed by atoms with Gasteiger partial charge >= 0.3 is 0 Å². The number of carbonyl (C=O) groups excluding carboxylic acids is 1. The first-order chi connectivity index (χ1) is 14.0. The first kappa shape index (κ1) is 20.1. The lowest BCUT2D eigenvalue weighted by Crippen LogP contribution is -2.37. The fourth-order valence-corrected chi connectivity index (χ4v) is 4.14. The lowest BCUT2D eigenvalue weighted by Gasteiger charge is -2.30. The number of carbonyl (C=O) groups is 1. The van der Waals surface area contributed by atoms with E-state index in [-0.39, 0.29) is 23.4 Å². The number of hydrogen-bond acceptors (Lipinski definition) is 7. The van der Waals surface area contributed by atoms with E-state index >= 15 is 0 Å². The minimum Gasteiger partial charge on any atom is -0.443 e. The summed E-state index contributed by atoms with van der Waals surface area (Å²) in [6.45, 7) is 4.09. The minimum absolute atomic E-state index is 0.152. The van der Waals surface area contributed by atoms with Crippen molar-refractivity contribution in [3.63, 3.8) is 0 Å². The molecule has 0 aliphatic carbocycles. The maximum Gasteiger partial charge on any atom is 0.273 e. The van der Waals surface area contributed by atoms with Gasteiger partial charge in [0.2, 0.25) is 5.76 Å². The predicted molar refractivity (Wildman–Crippen MR) is 112 cm³/mol. The van der Waals surface area contributed by atoms with E-state index in [1.165, 1.54) is 0 Å². The molecule has 154 valence electrons. The molecule has 4 heterocycles. The number of aromatic nitrogens is 1. The van der Waals surface area contributed by atoms with Gasteiger partial charge in [0.25, 0.3) is 5.91 Å².